The van der Waals surface area contributed by atoms with Crippen LogP contribution >= 0.6 is 0 Å². The van der Waals surface area contributed by atoms with Crippen LogP contribution in [0.25, 0.3) is 0 Å². The van der Waals surface area contributed by atoms with Gasteiger partial charge in [0.15, 0.2) is 0 Å². The molecule has 5 nitrogen and oxygen atoms in total. The van der Waals surface area contributed by atoms with Gasteiger partial charge in [-0.3, -0.25) is 0 Å². The molecule has 0 spiro atoms. The Balaban J connectivity index is 3.11. The normalized spacial score (nSPS) is 45.4. The summed E-state index contributed by atoms with van der Waals surface area (Å²) in [7, 11) is 1.44. The number of aliphatic hydroxyl groups excluding tert-OH is 2. The van der Waals surface area contributed by atoms with E-state index in [0.29, 0.717) is 0 Å². The van der Waals surface area contributed by atoms with Gasteiger partial charge in [0, 0.05) is 7.11 Å². The molecule has 0 unspecified atom stereocenters. The Bertz CT molecular complexity index is 236. The Morgan fingerprint density at radius 1 is 1.53 bits per heavy atom. The van der Waals surface area contributed by atoms with Crippen LogP contribution in [0, 0.1) is 0 Å². The zero-order chi connectivity index (χ0) is 11.9. The van der Waals surface area contributed by atoms with Gasteiger partial charge in [-0.15, -0.1) is 0 Å². The van der Waals surface area contributed by atoms with Crippen molar-refractivity contribution in [1.82, 2.24) is 0 Å². The van der Waals surface area contributed by atoms with Gasteiger partial charge < -0.3 is 24.8 Å². The van der Waals surface area contributed by atoms with Crippen LogP contribution in [0.15, 0.2) is 0 Å². The average molecular weight is 220 g/mol. The van der Waals surface area contributed by atoms with Gasteiger partial charge in [0.25, 0.3) is 0 Å². The first-order valence-electron chi connectivity index (χ1n) is 4.95. The van der Waals surface area contributed by atoms with Crippen molar-refractivity contribution in [3.05, 3.63) is 0 Å². The SMILES string of the molecule is CO[C@](C)(CO)[C@@]1(C)OC[C@H](O)[C@@]1(C)O. The molecular weight excluding hydrogens is 200 g/mol. The van der Waals surface area contributed by atoms with Gasteiger partial charge in [0.05, 0.1) is 13.2 Å². The molecule has 1 rings (SSSR count). The summed E-state index contributed by atoms with van der Waals surface area (Å²) in [5.74, 6) is 0. The maximum Gasteiger partial charge on any atom is 0.127 e. The van der Waals surface area contributed by atoms with Gasteiger partial charge in [-0.1, -0.05) is 0 Å². The third-order valence-corrected chi connectivity index (χ3v) is 3.91. The highest BCUT2D eigenvalue weighted by atomic mass is 16.6. The number of aliphatic hydroxyl groups is 3. The van der Waals surface area contributed by atoms with E-state index in [0.717, 1.165) is 0 Å². The topological polar surface area (TPSA) is 79.2 Å². The fourth-order valence-corrected chi connectivity index (χ4v) is 1.97. The molecule has 1 fully saturated rings. The molecule has 3 N–H and O–H groups in total. The lowest BCUT2D eigenvalue weighted by molar-refractivity contribution is -0.234. The molecule has 1 aliphatic heterocycles. The quantitative estimate of drug-likeness (QED) is 0.585. The summed E-state index contributed by atoms with van der Waals surface area (Å²) >= 11 is 0. The van der Waals surface area contributed by atoms with Crippen LogP contribution in [0.3, 0.4) is 0 Å². The maximum absolute atomic E-state index is 10.2. The third kappa shape index (κ3) is 1.50. The summed E-state index contributed by atoms with van der Waals surface area (Å²) in [4.78, 5) is 0. The highest BCUT2D eigenvalue weighted by Crippen LogP contribution is 2.44. The standard InChI is InChI=1S/C10H20O5/c1-8(6-11,14-4)10(3)9(2,13)7(12)5-15-10/h7,11-13H,5-6H2,1-4H3/t7-,8+,9+,10+/m0/s1. The first kappa shape index (κ1) is 12.9. The first-order chi connectivity index (χ1) is 6.75. The molecule has 4 atom stereocenters. The second kappa shape index (κ2) is 3.68. The zero-order valence-corrected chi connectivity index (χ0v) is 9.65. The summed E-state index contributed by atoms with van der Waals surface area (Å²) in [5, 5.41) is 29.2. The van der Waals surface area contributed by atoms with Gasteiger partial charge in [-0.25, -0.2) is 0 Å². The molecule has 90 valence electrons. The van der Waals surface area contributed by atoms with E-state index in [-0.39, 0.29) is 13.2 Å². The molecule has 1 saturated heterocycles. The molecule has 5 heteroatoms. The smallest absolute Gasteiger partial charge is 0.127 e. The van der Waals surface area contributed by atoms with E-state index in [1.807, 2.05) is 0 Å². The van der Waals surface area contributed by atoms with Crippen LogP contribution < -0.4 is 0 Å². The van der Waals surface area contributed by atoms with Gasteiger partial charge in [-0.2, -0.15) is 0 Å². The van der Waals surface area contributed by atoms with E-state index in [9.17, 15) is 15.3 Å². The Kier molecular flexibility index (Phi) is 3.15. The van der Waals surface area contributed by atoms with Gasteiger partial charge in [0.1, 0.15) is 22.9 Å². The van der Waals surface area contributed by atoms with Crippen LogP contribution in [0.1, 0.15) is 20.8 Å². The number of ether oxygens (including phenoxy) is 2. The molecule has 0 aromatic rings. The van der Waals surface area contributed by atoms with E-state index in [4.69, 9.17) is 9.47 Å². The molecule has 1 aliphatic rings. The summed E-state index contributed by atoms with van der Waals surface area (Å²) < 4.78 is 10.6. The largest absolute Gasteiger partial charge is 0.393 e. The summed E-state index contributed by atoms with van der Waals surface area (Å²) in [6.45, 7) is 4.48. The van der Waals surface area contributed by atoms with Crippen molar-refractivity contribution in [2.24, 2.45) is 0 Å². The van der Waals surface area contributed by atoms with Crippen molar-refractivity contribution >= 4 is 0 Å². The van der Waals surface area contributed by atoms with Crippen molar-refractivity contribution in [2.45, 2.75) is 43.7 Å². The minimum atomic E-state index is -1.46. The maximum atomic E-state index is 10.2. The predicted molar refractivity (Wildman–Crippen MR) is 53.5 cm³/mol. The first-order valence-corrected chi connectivity index (χ1v) is 4.95. The van der Waals surface area contributed by atoms with Crippen molar-refractivity contribution in [3.8, 4) is 0 Å². The minimum absolute atomic E-state index is 0.0302. The number of rotatable bonds is 3. The highest BCUT2D eigenvalue weighted by Gasteiger charge is 2.64. The Hall–Kier alpha value is -0.200. The van der Waals surface area contributed by atoms with Crippen LogP contribution in [0.2, 0.25) is 0 Å². The molecule has 0 saturated carbocycles. The number of hydrogen-bond acceptors (Lipinski definition) is 5. The highest BCUT2D eigenvalue weighted by molar-refractivity contribution is 5.14. The van der Waals surface area contributed by atoms with E-state index in [1.54, 1.807) is 13.8 Å². The molecule has 0 amide bonds. The van der Waals surface area contributed by atoms with Crippen molar-refractivity contribution in [1.29, 1.82) is 0 Å². The van der Waals surface area contributed by atoms with Crippen molar-refractivity contribution in [3.63, 3.8) is 0 Å². The molecular formula is C10H20O5. The second-order valence-corrected chi connectivity index (χ2v) is 4.60. The summed E-state index contributed by atoms with van der Waals surface area (Å²) in [5.41, 5.74) is -3.67. The monoisotopic (exact) mass is 220 g/mol. The molecule has 0 aromatic heterocycles. The Labute approximate surface area is 89.6 Å². The minimum Gasteiger partial charge on any atom is -0.393 e. The van der Waals surface area contributed by atoms with Crippen molar-refractivity contribution < 1.29 is 24.8 Å². The molecule has 0 aliphatic carbocycles. The van der Waals surface area contributed by atoms with E-state index in [2.05, 4.69) is 0 Å². The zero-order valence-electron chi connectivity index (χ0n) is 9.65. The number of methoxy groups -OCH3 is 1. The predicted octanol–water partition coefficient (Wildman–Crippen LogP) is -0.715. The summed E-state index contributed by atoms with van der Waals surface area (Å²) in [6, 6.07) is 0. The lowest BCUT2D eigenvalue weighted by Crippen LogP contribution is -2.66. The summed E-state index contributed by atoms with van der Waals surface area (Å²) in [6.07, 6.45) is -0.983. The Morgan fingerprint density at radius 2 is 2.07 bits per heavy atom. The molecule has 0 radical (unpaired) electrons. The number of hydrogen-bond donors (Lipinski definition) is 3. The van der Waals surface area contributed by atoms with Gasteiger partial charge in [0.2, 0.25) is 0 Å². The van der Waals surface area contributed by atoms with Crippen LogP contribution in [-0.2, 0) is 9.47 Å². The molecule has 0 aromatic carbocycles. The second-order valence-electron chi connectivity index (χ2n) is 4.60. The third-order valence-electron chi connectivity index (χ3n) is 3.91. The average Bonchev–Trinajstić information content (AvgIpc) is 2.42. The van der Waals surface area contributed by atoms with Crippen molar-refractivity contribution in [2.75, 3.05) is 20.3 Å². The van der Waals surface area contributed by atoms with E-state index in [1.165, 1.54) is 14.0 Å². The van der Waals surface area contributed by atoms with Gasteiger partial charge >= 0.3 is 0 Å². The van der Waals surface area contributed by atoms with E-state index < -0.39 is 22.9 Å². The Morgan fingerprint density at radius 3 is 2.33 bits per heavy atom. The molecule has 1 heterocycles. The van der Waals surface area contributed by atoms with E-state index >= 15 is 0 Å². The van der Waals surface area contributed by atoms with Gasteiger partial charge in [-0.05, 0) is 20.8 Å². The van der Waals surface area contributed by atoms with Crippen LogP contribution in [0.5, 0.6) is 0 Å². The van der Waals surface area contributed by atoms with Crippen LogP contribution in [0.4, 0.5) is 0 Å². The molecule has 0 bridgehead atoms. The fourth-order valence-electron chi connectivity index (χ4n) is 1.97. The molecule has 15 heavy (non-hydrogen) atoms. The van der Waals surface area contributed by atoms with Crippen LogP contribution in [-0.4, -0.2) is 58.6 Å². The fraction of sp³-hybridized carbons (Fsp3) is 1.00. The lowest BCUT2D eigenvalue weighted by Gasteiger charge is -2.47. The lowest BCUT2D eigenvalue weighted by atomic mass is 9.73.